The Morgan fingerprint density at radius 1 is 1.28 bits per heavy atom. The zero-order chi connectivity index (χ0) is 18.0. The third-order valence-corrected chi connectivity index (χ3v) is 3.54. The van der Waals surface area contributed by atoms with Crippen LogP contribution in [0, 0.1) is 6.92 Å². The molecule has 0 aliphatic rings. The Kier molecular flexibility index (Phi) is 4.38. The number of benzene rings is 1. The Bertz CT molecular complexity index is 926. The second kappa shape index (κ2) is 6.63. The van der Waals surface area contributed by atoms with Gasteiger partial charge in [0.1, 0.15) is 6.54 Å². The summed E-state index contributed by atoms with van der Waals surface area (Å²) in [6.45, 7) is 1.90. The maximum Gasteiger partial charge on any atom is 0.322 e. The van der Waals surface area contributed by atoms with E-state index in [0.29, 0.717) is 0 Å². The van der Waals surface area contributed by atoms with Crippen LogP contribution in [0.1, 0.15) is 5.69 Å². The summed E-state index contributed by atoms with van der Waals surface area (Å²) in [5.74, 6) is 0.0299. The fourth-order valence-corrected chi connectivity index (χ4v) is 2.37. The van der Waals surface area contributed by atoms with Gasteiger partial charge in [-0.15, -0.1) is 5.10 Å². The van der Waals surface area contributed by atoms with E-state index in [1.165, 1.54) is 15.9 Å². The Morgan fingerprint density at radius 2 is 2.08 bits per heavy atom. The number of rotatable bonds is 4. The maximum atomic E-state index is 12.3. The molecule has 0 atom stereocenters. The molecule has 25 heavy (non-hydrogen) atoms. The van der Waals surface area contributed by atoms with Gasteiger partial charge in [-0.2, -0.15) is 9.90 Å². The summed E-state index contributed by atoms with van der Waals surface area (Å²) in [4.78, 5) is 29.7. The van der Waals surface area contributed by atoms with Gasteiger partial charge in [-0.1, -0.05) is 6.07 Å². The topological polar surface area (TPSA) is 108 Å². The largest absolute Gasteiger partial charge is 0.359 e. The average molecular weight is 341 g/mol. The van der Waals surface area contributed by atoms with Gasteiger partial charge < -0.3 is 15.2 Å². The van der Waals surface area contributed by atoms with Gasteiger partial charge in [0.25, 0.3) is 0 Å². The second-order valence-corrected chi connectivity index (χ2v) is 5.85. The van der Waals surface area contributed by atoms with Crippen molar-refractivity contribution in [1.82, 2.24) is 24.9 Å². The zero-order valence-electron chi connectivity index (χ0n) is 14.2. The maximum absolute atomic E-state index is 12.3. The van der Waals surface area contributed by atoms with Crippen LogP contribution in [0.15, 0.2) is 30.5 Å². The van der Waals surface area contributed by atoms with Crippen molar-refractivity contribution < 1.29 is 9.59 Å². The van der Waals surface area contributed by atoms with Gasteiger partial charge >= 0.3 is 6.03 Å². The normalized spacial score (nSPS) is 10.7. The van der Waals surface area contributed by atoms with E-state index in [-0.39, 0.29) is 24.3 Å². The number of carbonyl (C=O) groups is 2. The molecule has 3 rings (SSSR count). The van der Waals surface area contributed by atoms with E-state index in [2.05, 4.69) is 25.8 Å². The lowest BCUT2D eigenvalue weighted by Gasteiger charge is -2.09. The van der Waals surface area contributed by atoms with Crippen LogP contribution in [-0.4, -0.2) is 50.9 Å². The number of aryl methyl sites for hydroxylation is 1. The number of fused-ring (bicyclic) bond motifs is 1. The van der Waals surface area contributed by atoms with E-state index in [0.717, 1.165) is 22.3 Å². The van der Waals surface area contributed by atoms with Crippen LogP contribution in [0.3, 0.4) is 0 Å². The third kappa shape index (κ3) is 3.77. The highest BCUT2D eigenvalue weighted by Crippen LogP contribution is 2.23. The molecule has 0 fully saturated rings. The Balaban J connectivity index is 1.66. The average Bonchev–Trinajstić information content (AvgIpc) is 3.13. The first-order chi connectivity index (χ1) is 11.9. The molecule has 0 aliphatic heterocycles. The zero-order valence-corrected chi connectivity index (χ0v) is 14.2. The lowest BCUT2D eigenvalue weighted by molar-refractivity contribution is -0.117. The van der Waals surface area contributed by atoms with E-state index in [1.54, 1.807) is 14.1 Å². The number of aromatic nitrogens is 4. The van der Waals surface area contributed by atoms with Gasteiger partial charge in [0.2, 0.25) is 5.91 Å². The van der Waals surface area contributed by atoms with Crippen molar-refractivity contribution in [1.29, 1.82) is 0 Å². The monoisotopic (exact) mass is 341 g/mol. The van der Waals surface area contributed by atoms with Gasteiger partial charge in [0, 0.05) is 30.7 Å². The fourth-order valence-electron chi connectivity index (χ4n) is 2.37. The van der Waals surface area contributed by atoms with E-state index in [4.69, 9.17) is 0 Å². The van der Waals surface area contributed by atoms with Crippen LogP contribution in [0.4, 0.5) is 16.3 Å². The molecular weight excluding hydrogens is 322 g/mol. The summed E-state index contributed by atoms with van der Waals surface area (Å²) in [5, 5.41) is 14.4. The van der Waals surface area contributed by atoms with Crippen molar-refractivity contribution >= 4 is 34.3 Å². The standard InChI is InChI=1S/C16H19N7O2/c1-10-7-11-12(18-10)5-4-6-13(11)19-15(24)9-23-17-8-14(21-23)20-16(25)22(2)3/h4-8,18H,9H2,1-3H3,(H,19,24)(H,20,21,25). The SMILES string of the molecule is Cc1cc2c(NC(=O)Cn3ncc(NC(=O)N(C)C)n3)cccc2[nH]1. The first-order valence-corrected chi connectivity index (χ1v) is 7.69. The summed E-state index contributed by atoms with van der Waals surface area (Å²) in [5.41, 5.74) is 2.70. The van der Waals surface area contributed by atoms with E-state index in [9.17, 15) is 9.59 Å². The molecule has 0 spiro atoms. The van der Waals surface area contributed by atoms with Gasteiger partial charge in [-0.05, 0) is 25.1 Å². The minimum Gasteiger partial charge on any atom is -0.359 e. The van der Waals surface area contributed by atoms with Crippen molar-refractivity contribution in [3.8, 4) is 0 Å². The first-order valence-electron chi connectivity index (χ1n) is 7.69. The van der Waals surface area contributed by atoms with E-state index < -0.39 is 0 Å². The van der Waals surface area contributed by atoms with Crippen molar-refractivity contribution in [2.24, 2.45) is 0 Å². The molecule has 0 bridgehead atoms. The van der Waals surface area contributed by atoms with Crippen LogP contribution in [0.25, 0.3) is 10.9 Å². The summed E-state index contributed by atoms with van der Waals surface area (Å²) in [6, 6.07) is 7.33. The number of carbonyl (C=O) groups excluding carboxylic acids is 2. The highest BCUT2D eigenvalue weighted by atomic mass is 16.2. The van der Waals surface area contributed by atoms with Crippen molar-refractivity contribution in [2.45, 2.75) is 13.5 Å². The number of hydrogen-bond acceptors (Lipinski definition) is 4. The van der Waals surface area contributed by atoms with Crippen molar-refractivity contribution in [3.63, 3.8) is 0 Å². The Labute approximate surface area is 144 Å². The molecule has 2 aromatic heterocycles. The molecule has 9 nitrogen and oxygen atoms in total. The van der Waals surface area contributed by atoms with E-state index >= 15 is 0 Å². The highest BCUT2D eigenvalue weighted by Gasteiger charge is 2.11. The molecule has 9 heteroatoms. The van der Waals surface area contributed by atoms with Crippen LogP contribution in [0.2, 0.25) is 0 Å². The number of urea groups is 1. The molecule has 2 heterocycles. The Hall–Kier alpha value is -3.36. The van der Waals surface area contributed by atoms with Crippen molar-refractivity contribution in [2.75, 3.05) is 24.7 Å². The fraction of sp³-hybridized carbons (Fsp3) is 0.250. The van der Waals surface area contributed by atoms with Gasteiger partial charge in [-0.3, -0.25) is 10.1 Å². The quantitative estimate of drug-likeness (QED) is 0.672. The molecule has 0 saturated carbocycles. The second-order valence-electron chi connectivity index (χ2n) is 5.85. The highest BCUT2D eigenvalue weighted by molar-refractivity contribution is 6.01. The van der Waals surface area contributed by atoms with E-state index in [1.807, 2.05) is 31.2 Å². The minimum atomic E-state index is -0.314. The van der Waals surface area contributed by atoms with Gasteiger partial charge in [-0.25, -0.2) is 4.79 Å². The molecule has 3 aromatic rings. The van der Waals surface area contributed by atoms with Crippen LogP contribution in [-0.2, 0) is 11.3 Å². The summed E-state index contributed by atoms with van der Waals surface area (Å²) >= 11 is 0. The molecule has 0 saturated heterocycles. The lowest BCUT2D eigenvalue weighted by Crippen LogP contribution is -2.27. The Morgan fingerprint density at radius 3 is 2.84 bits per heavy atom. The summed E-state index contributed by atoms with van der Waals surface area (Å²) in [7, 11) is 3.24. The number of nitrogens with zero attached hydrogens (tertiary/aromatic N) is 4. The first kappa shape index (κ1) is 16.5. The van der Waals surface area contributed by atoms with Crippen LogP contribution < -0.4 is 10.6 Å². The predicted molar refractivity (Wildman–Crippen MR) is 94.4 cm³/mol. The minimum absolute atomic E-state index is 0.0579. The molecule has 1 aromatic carbocycles. The lowest BCUT2D eigenvalue weighted by atomic mass is 10.2. The smallest absolute Gasteiger partial charge is 0.322 e. The molecule has 3 amide bonds. The molecular formula is C16H19N7O2. The van der Waals surface area contributed by atoms with Gasteiger partial charge in [0.05, 0.1) is 11.9 Å². The number of hydrogen-bond donors (Lipinski definition) is 3. The summed E-state index contributed by atoms with van der Waals surface area (Å²) in [6.07, 6.45) is 1.39. The molecule has 0 unspecified atom stereocenters. The van der Waals surface area contributed by atoms with Crippen LogP contribution in [0.5, 0.6) is 0 Å². The van der Waals surface area contributed by atoms with Gasteiger partial charge in [0.15, 0.2) is 5.82 Å². The number of anilines is 2. The number of H-pyrrole nitrogens is 1. The van der Waals surface area contributed by atoms with Crippen LogP contribution >= 0.6 is 0 Å². The summed E-state index contributed by atoms with van der Waals surface area (Å²) < 4.78 is 0. The van der Waals surface area contributed by atoms with Crippen molar-refractivity contribution in [3.05, 3.63) is 36.2 Å². The molecule has 3 N–H and O–H groups in total. The number of amides is 3. The molecule has 130 valence electrons. The molecule has 0 aliphatic carbocycles. The molecule has 0 radical (unpaired) electrons. The number of nitrogens with one attached hydrogen (secondary N) is 3. The third-order valence-electron chi connectivity index (χ3n) is 3.54. The predicted octanol–water partition coefficient (Wildman–Crippen LogP) is 1.80. The number of aromatic amines is 1.